The Morgan fingerprint density at radius 1 is 0.771 bits per heavy atom. The van der Waals surface area contributed by atoms with Crippen molar-refractivity contribution in [1.82, 2.24) is 36.8 Å². The van der Waals surface area contributed by atoms with Gasteiger partial charge in [0.2, 0.25) is 47.3 Å². The fourth-order valence-corrected chi connectivity index (χ4v) is 4.78. The molecule has 1 fully saturated rings. The minimum atomic E-state index is -1.31. The Balaban J connectivity index is 3.01. The van der Waals surface area contributed by atoms with Crippen molar-refractivity contribution < 1.29 is 48.3 Å². The van der Waals surface area contributed by atoms with E-state index < -0.39 is 108 Å². The normalized spacial score (nSPS) is 16.6. The van der Waals surface area contributed by atoms with Crippen LogP contribution in [0.2, 0.25) is 0 Å². The first-order valence-electron chi connectivity index (χ1n) is 15.6. The molecule has 1 heterocycles. The van der Waals surface area contributed by atoms with Crippen LogP contribution in [0.4, 0.5) is 0 Å². The zero-order valence-electron chi connectivity index (χ0n) is 27.9. The average molecular weight is 684 g/mol. The molecule has 1 aliphatic rings. The van der Waals surface area contributed by atoms with E-state index in [4.69, 9.17) is 16.6 Å². The van der Waals surface area contributed by atoms with Gasteiger partial charge >= 0.3 is 5.97 Å². The molecule has 0 aromatic rings. The standard InChI is InChI=1S/C29H49N9O10/c1-14(2)23(36-21(41)12-32-20(40)11-30)27(46)34-16(5)25(44)37-24(15(3)4)28(47)35-17(8-9-19(31)39)29(48)38-10-6-7-18(38)26(45)33-13-22(42)43/h14-18,23-24H,6-13,30H2,1-5H3,(H2,31,39)(H,32,40)(H,33,45)(H,34,46)(H,35,47)(H,36,41)(H,37,44)(H,42,43)/t16-,17-,18-,23-,24-/m0/s1. The summed E-state index contributed by atoms with van der Waals surface area (Å²) in [6.45, 7) is 6.73. The summed E-state index contributed by atoms with van der Waals surface area (Å²) in [4.78, 5) is 113. The highest BCUT2D eigenvalue weighted by atomic mass is 16.4. The molecule has 270 valence electrons. The van der Waals surface area contributed by atoms with Crippen molar-refractivity contribution in [2.45, 2.75) is 90.5 Å². The van der Waals surface area contributed by atoms with Crippen LogP contribution in [0.1, 0.15) is 60.3 Å². The summed E-state index contributed by atoms with van der Waals surface area (Å²) in [7, 11) is 0. The van der Waals surface area contributed by atoms with Crippen molar-refractivity contribution in [3.63, 3.8) is 0 Å². The van der Waals surface area contributed by atoms with Crippen molar-refractivity contribution in [2.24, 2.45) is 23.3 Å². The molecule has 0 unspecified atom stereocenters. The number of primary amides is 1. The van der Waals surface area contributed by atoms with E-state index in [1.54, 1.807) is 27.7 Å². The topological polar surface area (TPSA) is 301 Å². The van der Waals surface area contributed by atoms with Crippen molar-refractivity contribution >= 4 is 53.2 Å². The third-order valence-electron chi connectivity index (χ3n) is 7.44. The van der Waals surface area contributed by atoms with Gasteiger partial charge in [-0.15, -0.1) is 0 Å². The smallest absolute Gasteiger partial charge is 0.322 e. The summed E-state index contributed by atoms with van der Waals surface area (Å²) in [5.74, 6) is -7.73. The Bertz CT molecular complexity index is 1230. The molecule has 5 atom stereocenters. The molecule has 48 heavy (non-hydrogen) atoms. The van der Waals surface area contributed by atoms with Gasteiger partial charge in [-0.1, -0.05) is 27.7 Å². The number of hydrogen-bond acceptors (Lipinski definition) is 10. The quantitative estimate of drug-likeness (QED) is 0.0629. The van der Waals surface area contributed by atoms with E-state index in [0.717, 1.165) is 0 Å². The van der Waals surface area contributed by atoms with Gasteiger partial charge in [-0.3, -0.25) is 43.2 Å². The maximum Gasteiger partial charge on any atom is 0.322 e. The van der Waals surface area contributed by atoms with Crippen LogP contribution in [-0.4, -0.2) is 120 Å². The van der Waals surface area contributed by atoms with Gasteiger partial charge in [0, 0.05) is 13.0 Å². The second-order valence-corrected chi connectivity index (χ2v) is 12.1. The van der Waals surface area contributed by atoms with Crippen LogP contribution in [0.15, 0.2) is 0 Å². The van der Waals surface area contributed by atoms with Gasteiger partial charge in [-0.25, -0.2) is 0 Å². The SMILES string of the molecule is CC(C)[C@H](NC(=O)CNC(=O)CN)C(=O)N[C@@H](C)C(=O)N[C@H](C(=O)N[C@@H](CCC(N)=O)C(=O)N1CCC[C@H]1C(=O)NCC(=O)O)C(C)C. The highest BCUT2D eigenvalue weighted by Crippen LogP contribution is 2.20. The Hall–Kier alpha value is -4.81. The average Bonchev–Trinajstić information content (AvgIpc) is 3.51. The number of nitrogens with two attached hydrogens (primary N) is 2. The Morgan fingerprint density at radius 2 is 1.35 bits per heavy atom. The lowest BCUT2D eigenvalue weighted by atomic mass is 10.0. The lowest BCUT2D eigenvalue weighted by molar-refractivity contribution is -0.143. The summed E-state index contributed by atoms with van der Waals surface area (Å²) in [5, 5.41) is 23.5. The molecular formula is C29H49N9O10. The van der Waals surface area contributed by atoms with E-state index in [2.05, 4.69) is 31.9 Å². The number of hydrogen-bond donors (Lipinski definition) is 9. The highest BCUT2D eigenvalue weighted by Gasteiger charge is 2.39. The molecule has 1 aliphatic heterocycles. The molecule has 0 saturated carbocycles. The van der Waals surface area contributed by atoms with Gasteiger partial charge in [-0.05, 0) is 38.0 Å². The largest absolute Gasteiger partial charge is 0.480 e. The predicted octanol–water partition coefficient (Wildman–Crippen LogP) is -4.21. The van der Waals surface area contributed by atoms with Crippen molar-refractivity contribution in [2.75, 3.05) is 26.2 Å². The number of carbonyl (C=O) groups is 9. The molecule has 1 saturated heterocycles. The first-order valence-corrected chi connectivity index (χ1v) is 15.6. The molecule has 1 rings (SSSR count). The minimum Gasteiger partial charge on any atom is -0.480 e. The van der Waals surface area contributed by atoms with Crippen LogP contribution in [-0.2, 0) is 43.2 Å². The fraction of sp³-hybridized carbons (Fsp3) is 0.690. The molecule has 0 radical (unpaired) electrons. The maximum absolute atomic E-state index is 13.5. The van der Waals surface area contributed by atoms with E-state index in [1.807, 2.05) is 0 Å². The third-order valence-corrected chi connectivity index (χ3v) is 7.44. The lowest BCUT2D eigenvalue weighted by Gasteiger charge is -2.30. The zero-order valence-corrected chi connectivity index (χ0v) is 27.9. The molecule has 19 nitrogen and oxygen atoms in total. The van der Waals surface area contributed by atoms with Crippen LogP contribution in [0, 0.1) is 11.8 Å². The number of amides is 8. The fourth-order valence-electron chi connectivity index (χ4n) is 4.78. The number of aliphatic carboxylic acids is 1. The number of likely N-dealkylation sites (tertiary alicyclic amines) is 1. The van der Waals surface area contributed by atoms with Gasteiger partial charge < -0.3 is 53.4 Å². The maximum atomic E-state index is 13.5. The highest BCUT2D eigenvalue weighted by molar-refractivity contribution is 5.97. The van der Waals surface area contributed by atoms with E-state index in [0.29, 0.717) is 6.42 Å². The Labute approximate surface area is 278 Å². The van der Waals surface area contributed by atoms with Crippen LogP contribution in [0.5, 0.6) is 0 Å². The van der Waals surface area contributed by atoms with Crippen molar-refractivity contribution in [3.8, 4) is 0 Å². The summed E-state index contributed by atoms with van der Waals surface area (Å²) >= 11 is 0. The monoisotopic (exact) mass is 683 g/mol. The summed E-state index contributed by atoms with van der Waals surface area (Å²) in [6, 6.07) is -5.74. The molecule has 0 aromatic carbocycles. The van der Waals surface area contributed by atoms with Crippen molar-refractivity contribution in [1.29, 1.82) is 0 Å². The Kier molecular flexibility index (Phi) is 17.0. The van der Waals surface area contributed by atoms with Crippen LogP contribution in [0.3, 0.4) is 0 Å². The molecule has 8 amide bonds. The van der Waals surface area contributed by atoms with Gasteiger partial charge in [0.15, 0.2) is 0 Å². The molecule has 0 spiro atoms. The number of carboxylic acid groups (broad SMARTS) is 1. The van der Waals surface area contributed by atoms with Crippen LogP contribution < -0.4 is 43.4 Å². The van der Waals surface area contributed by atoms with Crippen LogP contribution in [0.25, 0.3) is 0 Å². The van der Waals surface area contributed by atoms with Gasteiger partial charge in [-0.2, -0.15) is 0 Å². The first kappa shape index (κ1) is 41.2. The van der Waals surface area contributed by atoms with E-state index >= 15 is 0 Å². The molecular weight excluding hydrogens is 634 g/mol. The second-order valence-electron chi connectivity index (χ2n) is 12.1. The predicted molar refractivity (Wildman–Crippen MR) is 169 cm³/mol. The lowest BCUT2D eigenvalue weighted by Crippen LogP contribution is -2.60. The van der Waals surface area contributed by atoms with E-state index in [9.17, 15) is 43.2 Å². The number of carboxylic acids is 1. The number of nitrogens with zero attached hydrogens (tertiary/aromatic N) is 1. The molecule has 19 heteroatoms. The number of carbonyl (C=O) groups excluding carboxylic acids is 8. The number of rotatable bonds is 19. The zero-order chi connectivity index (χ0) is 36.7. The van der Waals surface area contributed by atoms with Gasteiger partial charge in [0.05, 0.1) is 13.1 Å². The van der Waals surface area contributed by atoms with Crippen LogP contribution >= 0.6 is 0 Å². The summed E-state index contributed by atoms with van der Waals surface area (Å²) in [6.07, 6.45) is 0.209. The number of nitrogens with one attached hydrogen (secondary N) is 6. The minimum absolute atomic E-state index is 0.147. The molecule has 0 aliphatic carbocycles. The van der Waals surface area contributed by atoms with Gasteiger partial charge in [0.1, 0.15) is 36.8 Å². The van der Waals surface area contributed by atoms with Gasteiger partial charge in [0.25, 0.3) is 0 Å². The molecule has 11 N–H and O–H groups in total. The summed E-state index contributed by atoms with van der Waals surface area (Å²) in [5.41, 5.74) is 10.5. The van der Waals surface area contributed by atoms with E-state index in [1.165, 1.54) is 11.8 Å². The Morgan fingerprint density at radius 3 is 1.90 bits per heavy atom. The first-order chi connectivity index (χ1) is 22.4. The summed E-state index contributed by atoms with van der Waals surface area (Å²) < 4.78 is 0. The van der Waals surface area contributed by atoms with E-state index in [-0.39, 0.29) is 32.4 Å². The van der Waals surface area contributed by atoms with Crippen molar-refractivity contribution in [3.05, 3.63) is 0 Å². The molecule has 0 bridgehead atoms. The molecule has 0 aromatic heterocycles. The second kappa shape index (κ2) is 19.8. The third kappa shape index (κ3) is 13.5.